The average molecular weight is 309 g/mol. The van der Waals surface area contributed by atoms with Gasteiger partial charge in [-0.3, -0.25) is 9.89 Å². The summed E-state index contributed by atoms with van der Waals surface area (Å²) in [5, 5.41) is 7.57. The molecule has 1 heterocycles. The summed E-state index contributed by atoms with van der Waals surface area (Å²) in [4.78, 5) is 6.89. The van der Waals surface area contributed by atoms with E-state index in [0.29, 0.717) is 0 Å². The van der Waals surface area contributed by atoms with Crippen LogP contribution in [-0.4, -0.2) is 43.6 Å². The molecular formula is C16H25ClN4. The minimum absolute atomic E-state index is 0.250. The summed E-state index contributed by atoms with van der Waals surface area (Å²) in [6, 6.07) is 8.35. The summed E-state index contributed by atoms with van der Waals surface area (Å²) in [6.07, 6.45) is 1.11. The number of nitrogens with zero attached hydrogens (tertiary/aromatic N) is 2. The van der Waals surface area contributed by atoms with Gasteiger partial charge in [-0.2, -0.15) is 0 Å². The second-order valence-electron chi connectivity index (χ2n) is 5.15. The molecule has 0 spiro atoms. The lowest BCUT2D eigenvalue weighted by Crippen LogP contribution is -2.45. The number of aliphatic imine (C=N–C) groups is 1. The van der Waals surface area contributed by atoms with E-state index < -0.39 is 0 Å². The third-order valence-electron chi connectivity index (χ3n) is 3.88. The van der Waals surface area contributed by atoms with Gasteiger partial charge in [0.05, 0.1) is 6.04 Å². The van der Waals surface area contributed by atoms with Crippen LogP contribution >= 0.6 is 11.6 Å². The molecule has 116 valence electrons. The fourth-order valence-corrected chi connectivity index (χ4v) is 2.95. The van der Waals surface area contributed by atoms with Crippen LogP contribution in [-0.2, 0) is 0 Å². The molecule has 0 amide bonds. The van der Waals surface area contributed by atoms with Crippen molar-refractivity contribution in [3.05, 3.63) is 34.9 Å². The van der Waals surface area contributed by atoms with E-state index in [4.69, 9.17) is 11.6 Å². The molecule has 0 bridgehead atoms. The number of hydrogen-bond acceptors (Lipinski definition) is 4. The standard InChI is InChI=1S/C16H25ClN4/c1-3-21(4-2)15(13-8-5-6-9-14(13)17)12-20-16-18-10-7-11-19-16/h5-6,8-9,15H,3-4,7,10-12H2,1-2H3,(H2,18,19,20). The quantitative estimate of drug-likeness (QED) is 0.849. The Labute approximate surface area is 132 Å². The molecular weight excluding hydrogens is 284 g/mol. The maximum atomic E-state index is 6.40. The Balaban J connectivity index is 2.12. The Bertz CT molecular complexity index is 471. The van der Waals surface area contributed by atoms with Crippen LogP contribution in [0.15, 0.2) is 29.3 Å². The lowest BCUT2D eigenvalue weighted by Gasteiger charge is -2.31. The van der Waals surface area contributed by atoms with Gasteiger partial charge in [-0.05, 0) is 31.1 Å². The lowest BCUT2D eigenvalue weighted by molar-refractivity contribution is 0.219. The van der Waals surface area contributed by atoms with Crippen LogP contribution in [0.25, 0.3) is 0 Å². The summed E-state index contributed by atoms with van der Waals surface area (Å²) >= 11 is 6.40. The number of guanidine groups is 1. The van der Waals surface area contributed by atoms with Gasteiger partial charge in [0, 0.05) is 24.7 Å². The van der Waals surface area contributed by atoms with Crippen molar-refractivity contribution in [3.63, 3.8) is 0 Å². The minimum Gasteiger partial charge on any atom is -0.356 e. The predicted octanol–water partition coefficient (Wildman–Crippen LogP) is 2.66. The van der Waals surface area contributed by atoms with Gasteiger partial charge in [-0.1, -0.05) is 43.6 Å². The van der Waals surface area contributed by atoms with Gasteiger partial charge in [0.25, 0.3) is 0 Å². The number of nitrogens with one attached hydrogen (secondary N) is 2. The van der Waals surface area contributed by atoms with Crippen molar-refractivity contribution in [1.29, 1.82) is 0 Å². The Kier molecular flexibility index (Phi) is 6.33. The van der Waals surface area contributed by atoms with Crippen LogP contribution in [0.5, 0.6) is 0 Å². The Morgan fingerprint density at radius 2 is 2.10 bits per heavy atom. The predicted molar refractivity (Wildman–Crippen MR) is 90.0 cm³/mol. The topological polar surface area (TPSA) is 39.7 Å². The molecule has 1 aromatic rings. The first-order chi connectivity index (χ1) is 10.3. The maximum Gasteiger partial charge on any atom is 0.191 e. The van der Waals surface area contributed by atoms with Crippen molar-refractivity contribution in [2.45, 2.75) is 26.3 Å². The van der Waals surface area contributed by atoms with E-state index in [1.807, 2.05) is 18.2 Å². The number of hydrogen-bond donors (Lipinski definition) is 2. The van der Waals surface area contributed by atoms with Crippen LogP contribution in [0.1, 0.15) is 31.9 Å². The summed E-state index contributed by atoms with van der Waals surface area (Å²) in [5.74, 6) is 0.908. The highest BCUT2D eigenvalue weighted by molar-refractivity contribution is 6.31. The summed E-state index contributed by atoms with van der Waals surface area (Å²) in [6.45, 7) is 9.05. The molecule has 0 aromatic heterocycles. The number of likely N-dealkylation sites (N-methyl/N-ethyl adjacent to an activating group) is 1. The Hall–Kier alpha value is -1.26. The molecule has 2 rings (SSSR count). The summed E-state index contributed by atoms with van der Waals surface area (Å²) in [5.41, 5.74) is 1.17. The first-order valence-corrected chi connectivity index (χ1v) is 8.14. The van der Waals surface area contributed by atoms with Gasteiger partial charge in [0.15, 0.2) is 5.96 Å². The highest BCUT2D eigenvalue weighted by atomic mass is 35.5. The fraction of sp³-hybridized carbons (Fsp3) is 0.562. The third-order valence-corrected chi connectivity index (χ3v) is 4.22. The molecule has 0 radical (unpaired) electrons. The van der Waals surface area contributed by atoms with Gasteiger partial charge < -0.3 is 10.6 Å². The van der Waals surface area contributed by atoms with Crippen LogP contribution < -0.4 is 10.6 Å². The SMILES string of the molecule is CCN(CC)C(CNC1=NCCCN1)c1ccccc1Cl. The van der Waals surface area contributed by atoms with E-state index >= 15 is 0 Å². The molecule has 1 aliphatic heterocycles. The largest absolute Gasteiger partial charge is 0.356 e. The lowest BCUT2D eigenvalue weighted by atomic mass is 10.0. The molecule has 0 fully saturated rings. The highest BCUT2D eigenvalue weighted by Crippen LogP contribution is 2.26. The van der Waals surface area contributed by atoms with Crippen molar-refractivity contribution in [3.8, 4) is 0 Å². The molecule has 2 N–H and O–H groups in total. The molecule has 1 aliphatic rings. The first-order valence-electron chi connectivity index (χ1n) is 7.77. The van der Waals surface area contributed by atoms with Gasteiger partial charge in [0.2, 0.25) is 0 Å². The van der Waals surface area contributed by atoms with E-state index in [1.165, 1.54) is 5.56 Å². The first kappa shape index (κ1) is 16.1. The van der Waals surface area contributed by atoms with Crippen molar-refractivity contribution >= 4 is 17.6 Å². The van der Waals surface area contributed by atoms with Crippen LogP contribution in [0, 0.1) is 0 Å². The third kappa shape index (κ3) is 4.35. The Morgan fingerprint density at radius 1 is 1.33 bits per heavy atom. The zero-order valence-corrected chi connectivity index (χ0v) is 13.7. The van der Waals surface area contributed by atoms with E-state index in [-0.39, 0.29) is 6.04 Å². The van der Waals surface area contributed by atoms with Crippen LogP contribution in [0.4, 0.5) is 0 Å². The van der Waals surface area contributed by atoms with Crippen LogP contribution in [0.3, 0.4) is 0 Å². The molecule has 21 heavy (non-hydrogen) atoms. The fourth-order valence-electron chi connectivity index (χ4n) is 2.69. The van der Waals surface area contributed by atoms with Crippen molar-refractivity contribution in [2.24, 2.45) is 4.99 Å². The molecule has 1 atom stereocenters. The monoisotopic (exact) mass is 308 g/mol. The normalized spacial score (nSPS) is 16.3. The maximum absolute atomic E-state index is 6.40. The molecule has 0 saturated heterocycles. The van der Waals surface area contributed by atoms with Gasteiger partial charge in [0.1, 0.15) is 0 Å². The molecule has 1 aromatic carbocycles. The van der Waals surface area contributed by atoms with Crippen LogP contribution in [0.2, 0.25) is 5.02 Å². The smallest absolute Gasteiger partial charge is 0.191 e. The molecule has 0 saturated carbocycles. The van der Waals surface area contributed by atoms with E-state index in [1.54, 1.807) is 0 Å². The van der Waals surface area contributed by atoms with Crippen molar-refractivity contribution in [2.75, 3.05) is 32.7 Å². The minimum atomic E-state index is 0.250. The van der Waals surface area contributed by atoms with Gasteiger partial charge in [-0.25, -0.2) is 0 Å². The summed E-state index contributed by atoms with van der Waals surface area (Å²) in [7, 11) is 0. The second-order valence-corrected chi connectivity index (χ2v) is 5.56. The molecule has 4 nitrogen and oxygen atoms in total. The van der Waals surface area contributed by atoms with E-state index in [2.05, 4.69) is 40.4 Å². The van der Waals surface area contributed by atoms with Crippen molar-refractivity contribution < 1.29 is 0 Å². The average Bonchev–Trinajstić information content (AvgIpc) is 2.53. The number of halogens is 1. The highest BCUT2D eigenvalue weighted by Gasteiger charge is 2.20. The second kappa shape index (κ2) is 8.25. The molecule has 5 heteroatoms. The number of benzene rings is 1. The van der Waals surface area contributed by atoms with Gasteiger partial charge >= 0.3 is 0 Å². The summed E-state index contributed by atoms with van der Waals surface area (Å²) < 4.78 is 0. The zero-order chi connectivity index (χ0) is 15.1. The zero-order valence-electron chi connectivity index (χ0n) is 12.9. The number of rotatable bonds is 6. The van der Waals surface area contributed by atoms with Gasteiger partial charge in [-0.15, -0.1) is 0 Å². The Morgan fingerprint density at radius 3 is 2.71 bits per heavy atom. The van der Waals surface area contributed by atoms with Crippen molar-refractivity contribution in [1.82, 2.24) is 15.5 Å². The molecule has 0 aliphatic carbocycles. The molecule has 1 unspecified atom stereocenters. The van der Waals surface area contributed by atoms with E-state index in [9.17, 15) is 0 Å². The van der Waals surface area contributed by atoms with E-state index in [0.717, 1.165) is 50.1 Å².